The molecule has 2 aromatic rings. The Balaban J connectivity index is 1.99. The number of nitrogens with one attached hydrogen (secondary N) is 2. The van der Waals surface area contributed by atoms with Crippen molar-refractivity contribution in [3.63, 3.8) is 0 Å². The molecule has 6 heteroatoms. The molecule has 2 rings (SSSR count). The van der Waals surface area contributed by atoms with Gasteiger partial charge in [-0.25, -0.2) is 4.79 Å². The molecular weight excluding hydrogens is 350 g/mol. The minimum absolute atomic E-state index is 0.212. The zero-order valence-corrected chi connectivity index (χ0v) is 14.3. The second-order valence-electron chi connectivity index (χ2n) is 4.86. The number of carbonyl (C=O) groups excluding carboxylic acids is 1. The van der Waals surface area contributed by atoms with Gasteiger partial charge in [-0.3, -0.25) is 0 Å². The fraction of sp³-hybridized carbons (Fsp3) is 0.267. The van der Waals surface area contributed by atoms with Crippen LogP contribution in [0.4, 0.5) is 10.5 Å². The number of nitrogens with two attached hydrogens (primary N) is 1. The molecule has 0 aliphatic carbocycles. The lowest BCUT2D eigenvalue weighted by molar-refractivity contribution is 0.259. The molecule has 0 fully saturated rings. The van der Waals surface area contributed by atoms with Crippen LogP contribution in [-0.4, -0.2) is 6.03 Å². The molecule has 0 saturated heterocycles. The van der Waals surface area contributed by atoms with Crippen molar-refractivity contribution >= 4 is 39.0 Å². The largest absolute Gasteiger partial charge is 0.351 e. The van der Waals surface area contributed by atoms with Crippen molar-refractivity contribution in [3.8, 4) is 0 Å². The third-order valence-corrected chi connectivity index (χ3v) is 5.01. The molecule has 112 valence electrons. The van der Waals surface area contributed by atoms with Gasteiger partial charge in [0.1, 0.15) is 0 Å². The highest BCUT2D eigenvalue weighted by Gasteiger charge is 2.12. The summed E-state index contributed by atoms with van der Waals surface area (Å²) in [6.45, 7) is 4.27. The lowest BCUT2D eigenvalue weighted by atomic mass is 10.1. The predicted molar refractivity (Wildman–Crippen MR) is 91.6 cm³/mol. The van der Waals surface area contributed by atoms with Crippen molar-refractivity contribution in [2.45, 2.75) is 25.9 Å². The predicted octanol–water partition coefficient (Wildman–Crippen LogP) is 4.41. The van der Waals surface area contributed by atoms with Crippen LogP contribution in [0.3, 0.4) is 0 Å². The minimum atomic E-state index is -0.550. The van der Waals surface area contributed by atoms with E-state index in [0.29, 0.717) is 5.69 Å². The number of rotatable bonds is 5. The Morgan fingerprint density at radius 3 is 2.33 bits per heavy atom. The van der Waals surface area contributed by atoms with E-state index < -0.39 is 6.03 Å². The highest BCUT2D eigenvalue weighted by atomic mass is 79.9. The van der Waals surface area contributed by atoms with Crippen molar-refractivity contribution in [3.05, 3.63) is 50.6 Å². The standard InChI is InChI=1S/C15H18BrN3OS/c1-9(18-10(2)13-7-8-14(16)21-13)11-3-5-12(6-4-11)19-15(17)20/h3-10,18H,1-2H3,(H3,17,19,20). The summed E-state index contributed by atoms with van der Waals surface area (Å²) in [6.07, 6.45) is 0. The highest BCUT2D eigenvalue weighted by Crippen LogP contribution is 2.28. The van der Waals surface area contributed by atoms with Crippen LogP contribution in [0, 0.1) is 0 Å². The van der Waals surface area contributed by atoms with Gasteiger partial charge in [0.25, 0.3) is 0 Å². The lowest BCUT2D eigenvalue weighted by Gasteiger charge is -2.19. The van der Waals surface area contributed by atoms with Gasteiger partial charge in [-0.15, -0.1) is 11.3 Å². The van der Waals surface area contributed by atoms with E-state index in [4.69, 9.17) is 5.73 Å². The van der Waals surface area contributed by atoms with Crippen LogP contribution in [-0.2, 0) is 0 Å². The molecule has 4 N–H and O–H groups in total. The Kier molecular flexibility index (Phi) is 5.39. The molecule has 0 bridgehead atoms. The van der Waals surface area contributed by atoms with Gasteiger partial charge in [-0.2, -0.15) is 0 Å². The Morgan fingerprint density at radius 1 is 1.14 bits per heavy atom. The summed E-state index contributed by atoms with van der Waals surface area (Å²) in [5.74, 6) is 0. The van der Waals surface area contributed by atoms with E-state index in [2.05, 4.69) is 52.5 Å². The first-order chi connectivity index (χ1) is 9.95. The van der Waals surface area contributed by atoms with E-state index in [1.807, 2.05) is 24.3 Å². The third kappa shape index (κ3) is 4.56. The quantitative estimate of drug-likeness (QED) is 0.732. The summed E-state index contributed by atoms with van der Waals surface area (Å²) in [5.41, 5.74) is 6.95. The maximum Gasteiger partial charge on any atom is 0.316 e. The summed E-state index contributed by atoms with van der Waals surface area (Å²) in [7, 11) is 0. The number of hydrogen-bond donors (Lipinski definition) is 3. The average molecular weight is 368 g/mol. The summed E-state index contributed by atoms with van der Waals surface area (Å²) < 4.78 is 1.14. The number of benzene rings is 1. The number of halogens is 1. The molecule has 0 aliphatic heterocycles. The smallest absolute Gasteiger partial charge is 0.316 e. The first kappa shape index (κ1) is 16.0. The fourth-order valence-corrected chi connectivity index (χ4v) is 3.55. The van der Waals surface area contributed by atoms with Crippen molar-refractivity contribution in [1.29, 1.82) is 0 Å². The zero-order valence-electron chi connectivity index (χ0n) is 11.9. The first-order valence-electron chi connectivity index (χ1n) is 6.63. The topological polar surface area (TPSA) is 67.2 Å². The van der Waals surface area contributed by atoms with Crippen molar-refractivity contribution in [2.75, 3.05) is 5.32 Å². The van der Waals surface area contributed by atoms with Crippen LogP contribution < -0.4 is 16.4 Å². The Hall–Kier alpha value is -1.37. The molecule has 0 aliphatic rings. The number of anilines is 1. The Labute approximate surface area is 136 Å². The molecule has 0 radical (unpaired) electrons. The van der Waals surface area contributed by atoms with E-state index in [-0.39, 0.29) is 12.1 Å². The summed E-state index contributed by atoms with van der Waals surface area (Å²) in [5, 5.41) is 6.12. The first-order valence-corrected chi connectivity index (χ1v) is 8.24. The number of urea groups is 1. The van der Waals surface area contributed by atoms with Gasteiger partial charge >= 0.3 is 6.03 Å². The van der Waals surface area contributed by atoms with Gasteiger partial charge in [0.15, 0.2) is 0 Å². The minimum Gasteiger partial charge on any atom is -0.351 e. The second kappa shape index (κ2) is 7.06. The molecule has 21 heavy (non-hydrogen) atoms. The zero-order chi connectivity index (χ0) is 15.4. The van der Waals surface area contributed by atoms with E-state index in [1.165, 1.54) is 4.88 Å². The van der Waals surface area contributed by atoms with Crippen LogP contribution in [0.15, 0.2) is 40.2 Å². The number of carbonyl (C=O) groups is 1. The molecule has 0 spiro atoms. The van der Waals surface area contributed by atoms with Crippen LogP contribution in [0.25, 0.3) is 0 Å². The fourth-order valence-electron chi connectivity index (χ4n) is 2.11. The van der Waals surface area contributed by atoms with Gasteiger partial charge in [-0.05, 0) is 59.6 Å². The SMILES string of the molecule is CC(NC(C)c1ccc(Br)s1)c1ccc(NC(N)=O)cc1. The molecule has 0 saturated carbocycles. The van der Waals surface area contributed by atoms with Crippen molar-refractivity contribution < 1.29 is 4.79 Å². The lowest BCUT2D eigenvalue weighted by Crippen LogP contribution is -2.22. The molecule has 2 amide bonds. The molecule has 1 aromatic heterocycles. The molecule has 2 atom stereocenters. The molecular formula is C15H18BrN3OS. The van der Waals surface area contributed by atoms with Crippen LogP contribution in [0.5, 0.6) is 0 Å². The van der Waals surface area contributed by atoms with Crippen LogP contribution in [0.2, 0.25) is 0 Å². The summed E-state index contributed by atoms with van der Waals surface area (Å²) in [4.78, 5) is 12.1. The molecule has 2 unspecified atom stereocenters. The third-order valence-electron chi connectivity index (χ3n) is 3.20. The van der Waals surface area contributed by atoms with E-state index >= 15 is 0 Å². The summed E-state index contributed by atoms with van der Waals surface area (Å²) >= 11 is 5.22. The van der Waals surface area contributed by atoms with Crippen LogP contribution in [0.1, 0.15) is 36.4 Å². The normalized spacial score (nSPS) is 13.7. The van der Waals surface area contributed by atoms with Gasteiger partial charge in [-0.1, -0.05) is 12.1 Å². The Bertz CT molecular complexity index is 612. The number of hydrogen-bond acceptors (Lipinski definition) is 3. The van der Waals surface area contributed by atoms with E-state index in [1.54, 1.807) is 11.3 Å². The van der Waals surface area contributed by atoms with Crippen molar-refractivity contribution in [1.82, 2.24) is 5.32 Å². The molecule has 1 aromatic carbocycles. The van der Waals surface area contributed by atoms with Crippen LogP contribution >= 0.6 is 27.3 Å². The van der Waals surface area contributed by atoms with E-state index in [9.17, 15) is 4.79 Å². The highest BCUT2D eigenvalue weighted by molar-refractivity contribution is 9.11. The summed E-state index contributed by atoms with van der Waals surface area (Å²) in [6, 6.07) is 11.8. The number of amides is 2. The monoisotopic (exact) mass is 367 g/mol. The number of primary amides is 1. The number of thiophene rings is 1. The van der Waals surface area contributed by atoms with Gasteiger partial charge < -0.3 is 16.4 Å². The molecule has 1 heterocycles. The van der Waals surface area contributed by atoms with E-state index in [0.717, 1.165) is 9.35 Å². The van der Waals surface area contributed by atoms with Gasteiger partial charge in [0.2, 0.25) is 0 Å². The van der Waals surface area contributed by atoms with Crippen molar-refractivity contribution in [2.24, 2.45) is 5.73 Å². The second-order valence-corrected chi connectivity index (χ2v) is 7.36. The average Bonchev–Trinajstić information content (AvgIpc) is 2.85. The molecule has 4 nitrogen and oxygen atoms in total. The maximum atomic E-state index is 10.8. The van der Waals surface area contributed by atoms with Gasteiger partial charge in [0.05, 0.1) is 3.79 Å². The maximum absolute atomic E-state index is 10.8. The van der Waals surface area contributed by atoms with Gasteiger partial charge in [0, 0.05) is 22.6 Å². The Morgan fingerprint density at radius 2 is 1.81 bits per heavy atom.